The highest BCUT2D eigenvalue weighted by molar-refractivity contribution is 5.31. The van der Waals surface area contributed by atoms with E-state index < -0.39 is 0 Å². The van der Waals surface area contributed by atoms with Crippen molar-refractivity contribution in [3.8, 4) is 5.75 Å². The molecule has 1 aromatic rings. The van der Waals surface area contributed by atoms with Crippen LogP contribution in [0.5, 0.6) is 5.75 Å². The fourth-order valence-corrected chi connectivity index (χ4v) is 3.35. The molecule has 1 N–H and O–H groups in total. The van der Waals surface area contributed by atoms with E-state index in [1.54, 1.807) is 7.11 Å². The Balaban J connectivity index is 2.21. The molecule has 4 heteroatoms. The molecule has 1 unspecified atom stereocenters. The molecule has 0 spiro atoms. The molecule has 0 amide bonds. The molecule has 1 aromatic carbocycles. The Morgan fingerprint density at radius 2 is 2.05 bits per heavy atom. The molecule has 118 valence electrons. The number of nitrogens with zero attached hydrogens (tertiary/aromatic N) is 1. The van der Waals surface area contributed by atoms with Gasteiger partial charge in [-0.3, -0.25) is 0 Å². The summed E-state index contributed by atoms with van der Waals surface area (Å²) >= 11 is 0. The van der Waals surface area contributed by atoms with E-state index in [4.69, 9.17) is 9.47 Å². The smallest absolute Gasteiger partial charge is 0.188 e. The van der Waals surface area contributed by atoms with Crippen LogP contribution in [0.25, 0.3) is 0 Å². The van der Waals surface area contributed by atoms with E-state index in [2.05, 4.69) is 31.1 Å². The molecule has 1 aliphatic rings. The molecule has 0 aromatic heterocycles. The summed E-state index contributed by atoms with van der Waals surface area (Å²) in [5, 5.41) is 10.4. The summed E-state index contributed by atoms with van der Waals surface area (Å²) in [4.78, 5) is 2.20. The van der Waals surface area contributed by atoms with E-state index >= 15 is 0 Å². The van der Waals surface area contributed by atoms with Gasteiger partial charge in [-0.1, -0.05) is 25.0 Å². The largest absolute Gasteiger partial charge is 0.468 e. The Morgan fingerprint density at radius 1 is 1.29 bits per heavy atom. The molecule has 3 atom stereocenters. The van der Waals surface area contributed by atoms with Gasteiger partial charge >= 0.3 is 0 Å². The third kappa shape index (κ3) is 4.19. The first-order valence-electron chi connectivity index (χ1n) is 7.69. The van der Waals surface area contributed by atoms with E-state index in [1.165, 1.54) is 12.0 Å². The summed E-state index contributed by atoms with van der Waals surface area (Å²) in [5.74, 6) is 1.10. The maximum Gasteiger partial charge on any atom is 0.188 e. The Hall–Kier alpha value is -1.10. The van der Waals surface area contributed by atoms with Gasteiger partial charge in [-0.25, -0.2) is 0 Å². The average molecular weight is 293 g/mol. The number of methoxy groups -OCH3 is 1. The number of benzene rings is 1. The van der Waals surface area contributed by atoms with Gasteiger partial charge < -0.3 is 19.5 Å². The lowest BCUT2D eigenvalue weighted by atomic mass is 9.78. The van der Waals surface area contributed by atoms with Gasteiger partial charge in [0.1, 0.15) is 5.75 Å². The molecule has 21 heavy (non-hydrogen) atoms. The SMILES string of the molecule is COCOc1cccc(C([C@@H]2CCCC[C@@H]2O)N(C)C)c1. The summed E-state index contributed by atoms with van der Waals surface area (Å²) in [5.41, 5.74) is 1.19. The van der Waals surface area contributed by atoms with Crippen LogP contribution in [0, 0.1) is 5.92 Å². The summed E-state index contributed by atoms with van der Waals surface area (Å²) in [7, 11) is 5.77. The van der Waals surface area contributed by atoms with Crippen LogP contribution in [-0.2, 0) is 4.74 Å². The van der Waals surface area contributed by atoms with Crippen LogP contribution < -0.4 is 4.74 Å². The lowest BCUT2D eigenvalue weighted by Gasteiger charge is -2.38. The molecule has 0 heterocycles. The third-order valence-electron chi connectivity index (χ3n) is 4.29. The predicted octanol–water partition coefficient (Wildman–Crippen LogP) is 2.82. The summed E-state index contributed by atoms with van der Waals surface area (Å²) in [6, 6.07) is 8.33. The zero-order valence-electron chi connectivity index (χ0n) is 13.3. The molecule has 1 fully saturated rings. The van der Waals surface area contributed by atoms with E-state index in [9.17, 15) is 5.11 Å². The maximum atomic E-state index is 10.4. The van der Waals surface area contributed by atoms with Gasteiger partial charge in [-0.05, 0) is 44.6 Å². The molecule has 2 rings (SSSR count). The zero-order valence-corrected chi connectivity index (χ0v) is 13.3. The second-order valence-corrected chi connectivity index (χ2v) is 6.05. The molecular weight excluding hydrogens is 266 g/mol. The Morgan fingerprint density at radius 3 is 2.71 bits per heavy atom. The summed E-state index contributed by atoms with van der Waals surface area (Å²) < 4.78 is 10.5. The molecule has 0 saturated heterocycles. The van der Waals surface area contributed by atoms with Gasteiger partial charge in [0.15, 0.2) is 6.79 Å². The fraction of sp³-hybridized carbons (Fsp3) is 0.647. The van der Waals surface area contributed by atoms with Crippen molar-refractivity contribution in [2.45, 2.75) is 37.8 Å². The van der Waals surface area contributed by atoms with Crippen LogP contribution in [-0.4, -0.2) is 44.1 Å². The van der Waals surface area contributed by atoms with Crippen LogP contribution >= 0.6 is 0 Å². The quantitative estimate of drug-likeness (QED) is 0.819. The van der Waals surface area contributed by atoms with Crippen molar-refractivity contribution in [1.82, 2.24) is 4.90 Å². The highest BCUT2D eigenvalue weighted by Crippen LogP contribution is 2.38. The van der Waals surface area contributed by atoms with E-state index in [0.29, 0.717) is 0 Å². The van der Waals surface area contributed by atoms with Crippen molar-refractivity contribution in [2.75, 3.05) is 28.0 Å². The Kier molecular flexibility index (Phi) is 6.03. The highest BCUT2D eigenvalue weighted by atomic mass is 16.7. The standard InChI is InChI=1S/C17H27NO3/c1-18(2)17(15-9-4-5-10-16(15)19)13-7-6-8-14(11-13)21-12-20-3/h6-8,11,15-17,19H,4-5,9-10,12H2,1-3H3/t15-,16+,17?/m1/s1. The second-order valence-electron chi connectivity index (χ2n) is 6.05. The minimum Gasteiger partial charge on any atom is -0.468 e. The number of hydrogen-bond acceptors (Lipinski definition) is 4. The van der Waals surface area contributed by atoms with Gasteiger partial charge in [0.05, 0.1) is 6.10 Å². The van der Waals surface area contributed by atoms with Crippen LogP contribution in [0.1, 0.15) is 37.3 Å². The van der Waals surface area contributed by atoms with Gasteiger partial charge in [-0.15, -0.1) is 0 Å². The van der Waals surface area contributed by atoms with Crippen LogP contribution in [0.3, 0.4) is 0 Å². The Labute approximate surface area is 127 Å². The number of ether oxygens (including phenoxy) is 2. The average Bonchev–Trinajstić information content (AvgIpc) is 2.47. The van der Waals surface area contributed by atoms with Crippen LogP contribution in [0.2, 0.25) is 0 Å². The Bertz CT molecular complexity index is 436. The normalized spacial score (nSPS) is 24.0. The summed E-state index contributed by atoms with van der Waals surface area (Å²) in [6.07, 6.45) is 4.11. The number of aliphatic hydroxyl groups excluding tert-OH is 1. The van der Waals surface area contributed by atoms with Gasteiger partial charge in [0, 0.05) is 19.1 Å². The van der Waals surface area contributed by atoms with Crippen molar-refractivity contribution >= 4 is 0 Å². The molecule has 0 bridgehead atoms. The molecule has 1 aliphatic carbocycles. The number of hydrogen-bond donors (Lipinski definition) is 1. The van der Waals surface area contributed by atoms with E-state index in [1.807, 2.05) is 12.1 Å². The predicted molar refractivity (Wildman–Crippen MR) is 83.3 cm³/mol. The first kappa shape index (κ1) is 16.3. The van der Waals surface area contributed by atoms with Gasteiger partial charge in [0.25, 0.3) is 0 Å². The van der Waals surface area contributed by atoms with Crippen LogP contribution in [0.4, 0.5) is 0 Å². The number of rotatable bonds is 6. The van der Waals surface area contributed by atoms with Crippen molar-refractivity contribution in [3.63, 3.8) is 0 Å². The van der Waals surface area contributed by atoms with Crippen molar-refractivity contribution in [1.29, 1.82) is 0 Å². The molecule has 4 nitrogen and oxygen atoms in total. The van der Waals surface area contributed by atoms with Gasteiger partial charge in [-0.2, -0.15) is 0 Å². The first-order valence-corrected chi connectivity index (χ1v) is 7.69. The maximum absolute atomic E-state index is 10.4. The highest BCUT2D eigenvalue weighted by Gasteiger charge is 2.33. The van der Waals surface area contributed by atoms with Gasteiger partial charge in [0.2, 0.25) is 0 Å². The molecular formula is C17H27NO3. The lowest BCUT2D eigenvalue weighted by Crippen LogP contribution is -2.36. The molecule has 1 saturated carbocycles. The van der Waals surface area contributed by atoms with E-state index in [-0.39, 0.29) is 24.9 Å². The van der Waals surface area contributed by atoms with E-state index in [0.717, 1.165) is 25.0 Å². The monoisotopic (exact) mass is 293 g/mol. The first-order chi connectivity index (χ1) is 10.1. The summed E-state index contributed by atoms with van der Waals surface area (Å²) in [6.45, 7) is 0.252. The minimum atomic E-state index is -0.213. The topological polar surface area (TPSA) is 41.9 Å². The minimum absolute atomic E-state index is 0.213. The zero-order chi connectivity index (χ0) is 15.2. The number of aliphatic hydroxyl groups is 1. The second kappa shape index (κ2) is 7.78. The molecule has 0 radical (unpaired) electrons. The lowest BCUT2D eigenvalue weighted by molar-refractivity contribution is 0.0217. The van der Waals surface area contributed by atoms with Crippen molar-refractivity contribution in [3.05, 3.63) is 29.8 Å². The third-order valence-corrected chi connectivity index (χ3v) is 4.29. The fourth-order valence-electron chi connectivity index (χ4n) is 3.35. The van der Waals surface area contributed by atoms with Crippen molar-refractivity contribution in [2.24, 2.45) is 5.92 Å². The van der Waals surface area contributed by atoms with Crippen LogP contribution in [0.15, 0.2) is 24.3 Å². The van der Waals surface area contributed by atoms with Crippen molar-refractivity contribution < 1.29 is 14.6 Å². The molecule has 0 aliphatic heterocycles.